The Kier molecular flexibility index (Phi) is 6.70. The molecule has 0 bridgehead atoms. The van der Waals surface area contributed by atoms with Crippen LogP contribution in [0, 0.1) is 0 Å². The van der Waals surface area contributed by atoms with Crippen molar-refractivity contribution in [3.8, 4) is 0 Å². The van der Waals surface area contributed by atoms with E-state index in [0.717, 1.165) is 17.7 Å². The van der Waals surface area contributed by atoms with E-state index >= 15 is 0 Å². The largest absolute Gasteiger partial charge is 0.324 e. The molecule has 0 atom stereocenters. The van der Waals surface area contributed by atoms with Crippen molar-refractivity contribution in [3.63, 3.8) is 0 Å². The monoisotopic (exact) mass is 444 g/mol. The fourth-order valence-corrected chi connectivity index (χ4v) is 5.38. The number of benzene rings is 2. The summed E-state index contributed by atoms with van der Waals surface area (Å²) in [4.78, 5) is 13.2. The minimum absolute atomic E-state index is 0.178. The maximum atomic E-state index is 12.5. The number of hydrogen-bond donors (Lipinski definition) is 1. The molecule has 9 heteroatoms. The van der Waals surface area contributed by atoms with Gasteiger partial charge in [-0.15, -0.1) is 11.8 Å². The number of hydrogen-bond acceptors (Lipinski definition) is 4. The van der Waals surface area contributed by atoms with E-state index in [1.54, 1.807) is 42.5 Å². The highest BCUT2D eigenvalue weighted by Crippen LogP contribution is 2.27. The quantitative estimate of drug-likeness (QED) is 0.665. The van der Waals surface area contributed by atoms with Crippen LogP contribution in [0.2, 0.25) is 10.0 Å². The number of nitrogens with one attached hydrogen (secondary N) is 1. The first kappa shape index (κ1) is 20.5. The smallest absolute Gasteiger partial charge is 0.243 e. The summed E-state index contributed by atoms with van der Waals surface area (Å²) >= 11 is 13.2. The molecule has 0 unspecified atom stereocenters. The Bertz CT molecular complexity index is 928. The van der Waals surface area contributed by atoms with E-state index < -0.39 is 10.0 Å². The fourth-order valence-electron chi connectivity index (χ4n) is 2.71. The molecule has 0 saturated carbocycles. The van der Waals surface area contributed by atoms with Gasteiger partial charge in [0.15, 0.2) is 0 Å². The predicted octanol–water partition coefficient (Wildman–Crippen LogP) is 4.51. The highest BCUT2D eigenvalue weighted by Gasteiger charge is 2.26. The van der Waals surface area contributed by atoms with E-state index in [4.69, 9.17) is 23.2 Å². The van der Waals surface area contributed by atoms with Crippen molar-refractivity contribution in [2.24, 2.45) is 0 Å². The molecule has 1 aliphatic heterocycles. The van der Waals surface area contributed by atoms with Crippen LogP contribution >= 0.6 is 35.0 Å². The SMILES string of the molecule is O=C(CSc1ccc(S(=O)(=O)N2CCCC2)cc1)Nc1ccc(Cl)cc1Cl. The number of carbonyl (C=O) groups excluding carboxylic acids is 1. The molecule has 1 fully saturated rings. The number of thioether (sulfide) groups is 1. The Labute approximate surface area is 173 Å². The topological polar surface area (TPSA) is 66.5 Å². The highest BCUT2D eigenvalue weighted by atomic mass is 35.5. The van der Waals surface area contributed by atoms with Gasteiger partial charge in [-0.3, -0.25) is 4.79 Å². The van der Waals surface area contributed by atoms with Crippen LogP contribution in [0.5, 0.6) is 0 Å². The lowest BCUT2D eigenvalue weighted by Gasteiger charge is -2.15. The normalized spacial score (nSPS) is 15.0. The zero-order valence-corrected chi connectivity index (χ0v) is 17.5. The van der Waals surface area contributed by atoms with Gasteiger partial charge in [-0.2, -0.15) is 4.31 Å². The van der Waals surface area contributed by atoms with Gasteiger partial charge >= 0.3 is 0 Å². The van der Waals surface area contributed by atoms with Gasteiger partial charge in [-0.05, 0) is 55.3 Å². The molecule has 0 radical (unpaired) electrons. The minimum Gasteiger partial charge on any atom is -0.324 e. The van der Waals surface area contributed by atoms with Crippen LogP contribution in [-0.2, 0) is 14.8 Å². The van der Waals surface area contributed by atoms with Crippen LogP contribution < -0.4 is 5.32 Å². The molecule has 1 N–H and O–H groups in total. The molecule has 3 rings (SSSR count). The molecular formula is C18H18Cl2N2O3S2. The van der Waals surface area contributed by atoms with Gasteiger partial charge in [-0.1, -0.05) is 23.2 Å². The first-order valence-corrected chi connectivity index (χ1v) is 11.5. The summed E-state index contributed by atoms with van der Waals surface area (Å²) in [6.07, 6.45) is 1.81. The van der Waals surface area contributed by atoms with Gasteiger partial charge < -0.3 is 5.32 Å². The van der Waals surface area contributed by atoms with Gasteiger partial charge in [0, 0.05) is 23.0 Å². The van der Waals surface area contributed by atoms with Crippen molar-refractivity contribution < 1.29 is 13.2 Å². The van der Waals surface area contributed by atoms with Gasteiger partial charge in [0.1, 0.15) is 0 Å². The van der Waals surface area contributed by atoms with E-state index in [-0.39, 0.29) is 16.6 Å². The van der Waals surface area contributed by atoms with Gasteiger partial charge in [0.2, 0.25) is 15.9 Å². The Morgan fingerprint density at radius 2 is 1.74 bits per heavy atom. The van der Waals surface area contributed by atoms with E-state index in [2.05, 4.69) is 5.32 Å². The highest BCUT2D eigenvalue weighted by molar-refractivity contribution is 8.00. The van der Waals surface area contributed by atoms with Crippen molar-refractivity contribution in [3.05, 3.63) is 52.5 Å². The van der Waals surface area contributed by atoms with Crippen LogP contribution in [-0.4, -0.2) is 37.5 Å². The molecular weight excluding hydrogens is 427 g/mol. The summed E-state index contributed by atoms with van der Waals surface area (Å²) in [6, 6.07) is 11.5. The lowest BCUT2D eigenvalue weighted by Crippen LogP contribution is -2.27. The Morgan fingerprint density at radius 1 is 1.07 bits per heavy atom. The minimum atomic E-state index is -3.42. The van der Waals surface area contributed by atoms with Crippen molar-refractivity contribution in [1.29, 1.82) is 0 Å². The molecule has 144 valence electrons. The van der Waals surface area contributed by atoms with Crippen molar-refractivity contribution >= 4 is 56.6 Å². The van der Waals surface area contributed by atoms with Crippen LogP contribution in [0.3, 0.4) is 0 Å². The summed E-state index contributed by atoms with van der Waals surface area (Å²) in [5.74, 6) is -0.0324. The lowest BCUT2D eigenvalue weighted by atomic mass is 10.3. The number of rotatable bonds is 6. The van der Waals surface area contributed by atoms with Gasteiger partial charge in [0.25, 0.3) is 0 Å². The molecule has 27 heavy (non-hydrogen) atoms. The van der Waals surface area contributed by atoms with Gasteiger partial charge in [-0.25, -0.2) is 8.42 Å². The summed E-state index contributed by atoms with van der Waals surface area (Å²) in [5, 5.41) is 3.60. The van der Waals surface area contributed by atoms with Crippen LogP contribution in [0.15, 0.2) is 52.3 Å². The first-order chi connectivity index (χ1) is 12.9. The average Bonchev–Trinajstić information content (AvgIpc) is 3.18. The lowest BCUT2D eigenvalue weighted by molar-refractivity contribution is -0.113. The number of sulfonamides is 1. The maximum absolute atomic E-state index is 12.5. The third kappa shape index (κ3) is 5.18. The van der Waals surface area contributed by atoms with E-state index in [1.807, 2.05) is 0 Å². The number of nitrogens with zero attached hydrogens (tertiary/aromatic N) is 1. The van der Waals surface area contributed by atoms with E-state index in [1.165, 1.54) is 16.1 Å². The number of halogens is 2. The number of carbonyl (C=O) groups is 1. The molecule has 0 aliphatic carbocycles. The van der Waals surface area contributed by atoms with Crippen LogP contribution in [0.25, 0.3) is 0 Å². The number of anilines is 1. The molecule has 2 aromatic rings. The Morgan fingerprint density at radius 3 is 2.37 bits per heavy atom. The third-order valence-corrected chi connectivity index (χ3v) is 7.57. The van der Waals surface area contributed by atoms with E-state index in [9.17, 15) is 13.2 Å². The number of amides is 1. The molecule has 0 aromatic heterocycles. The molecule has 1 amide bonds. The summed E-state index contributed by atoms with van der Waals surface area (Å²) in [5.41, 5.74) is 0.499. The summed E-state index contributed by atoms with van der Waals surface area (Å²) in [6.45, 7) is 1.15. The Hall–Kier alpha value is -1.25. The zero-order chi connectivity index (χ0) is 19.4. The van der Waals surface area contributed by atoms with Crippen LogP contribution in [0.1, 0.15) is 12.8 Å². The second-order valence-corrected chi connectivity index (χ2v) is 9.87. The van der Waals surface area contributed by atoms with Crippen molar-refractivity contribution in [2.75, 3.05) is 24.2 Å². The molecule has 2 aromatic carbocycles. The van der Waals surface area contributed by atoms with Crippen LogP contribution in [0.4, 0.5) is 5.69 Å². The zero-order valence-electron chi connectivity index (χ0n) is 14.3. The summed E-state index contributed by atoms with van der Waals surface area (Å²) < 4.78 is 26.5. The van der Waals surface area contributed by atoms with Crippen molar-refractivity contribution in [1.82, 2.24) is 4.31 Å². The fraction of sp³-hybridized carbons (Fsp3) is 0.278. The molecule has 1 aliphatic rings. The molecule has 5 nitrogen and oxygen atoms in total. The maximum Gasteiger partial charge on any atom is 0.243 e. The standard InChI is InChI=1S/C18H18Cl2N2O3S2/c19-13-3-8-17(16(20)11-13)21-18(23)12-26-14-4-6-15(7-5-14)27(24,25)22-9-1-2-10-22/h3-8,11H,1-2,9-10,12H2,(H,21,23). The van der Waals surface area contributed by atoms with Crippen molar-refractivity contribution in [2.45, 2.75) is 22.6 Å². The third-order valence-electron chi connectivity index (χ3n) is 4.10. The van der Waals surface area contributed by atoms with Gasteiger partial charge in [0.05, 0.1) is 21.4 Å². The Balaban J connectivity index is 1.57. The second kappa shape index (κ2) is 8.84. The molecule has 1 saturated heterocycles. The molecule has 0 spiro atoms. The van der Waals surface area contributed by atoms with E-state index in [0.29, 0.717) is 28.8 Å². The summed E-state index contributed by atoms with van der Waals surface area (Å²) in [7, 11) is -3.42. The predicted molar refractivity (Wildman–Crippen MR) is 110 cm³/mol. The second-order valence-electron chi connectivity index (χ2n) is 6.04. The first-order valence-electron chi connectivity index (χ1n) is 8.34. The average molecular weight is 445 g/mol. The molecule has 1 heterocycles.